The van der Waals surface area contributed by atoms with Gasteiger partial charge in [-0.1, -0.05) is 217 Å². The second-order valence-electron chi connectivity index (χ2n) is 18.0. The maximum Gasteiger partial charge on any atom is 0.220 e. The summed E-state index contributed by atoms with van der Waals surface area (Å²) in [5.74, 6) is -0.192. The molecule has 0 aliphatic carbocycles. The molecule has 0 spiro atoms. The Kier molecular flexibility index (Phi) is 39.9. The summed E-state index contributed by atoms with van der Waals surface area (Å²) in [5, 5.41) is 54.2. The van der Waals surface area contributed by atoms with Crippen LogP contribution in [0.15, 0.2) is 36.5 Å². The second-order valence-corrected chi connectivity index (χ2v) is 18.0. The van der Waals surface area contributed by atoms with Crippen molar-refractivity contribution in [1.82, 2.24) is 5.32 Å². The van der Waals surface area contributed by atoms with E-state index in [0.29, 0.717) is 6.42 Å². The van der Waals surface area contributed by atoms with E-state index in [1.54, 1.807) is 6.08 Å². The van der Waals surface area contributed by atoms with Crippen molar-refractivity contribution in [2.75, 3.05) is 13.2 Å². The Morgan fingerprint density at radius 2 is 0.934 bits per heavy atom. The number of carbonyl (C=O) groups is 1. The van der Waals surface area contributed by atoms with Crippen LogP contribution in [0.4, 0.5) is 0 Å². The topological polar surface area (TPSA) is 149 Å². The fourth-order valence-electron chi connectivity index (χ4n) is 8.07. The Bertz CT molecular complexity index is 1050. The lowest BCUT2D eigenvalue weighted by Crippen LogP contribution is -2.60. The lowest BCUT2D eigenvalue weighted by atomic mass is 9.99. The Labute approximate surface area is 374 Å². The van der Waals surface area contributed by atoms with Crippen LogP contribution in [0.2, 0.25) is 0 Å². The average molecular weight is 864 g/mol. The molecule has 1 fully saturated rings. The highest BCUT2D eigenvalue weighted by atomic mass is 16.7. The molecule has 358 valence electrons. The summed E-state index contributed by atoms with van der Waals surface area (Å²) in [6.45, 7) is 3.75. The fraction of sp³-hybridized carbons (Fsp3) is 0.865. The zero-order chi connectivity index (χ0) is 44.4. The third-order valence-electron chi connectivity index (χ3n) is 12.2. The molecule has 1 saturated heterocycles. The first kappa shape index (κ1) is 57.4. The van der Waals surface area contributed by atoms with Crippen LogP contribution in [0, 0.1) is 0 Å². The number of amides is 1. The highest BCUT2D eigenvalue weighted by Gasteiger charge is 2.44. The molecule has 7 unspecified atom stereocenters. The molecule has 0 aromatic carbocycles. The van der Waals surface area contributed by atoms with Gasteiger partial charge in [0.05, 0.1) is 25.4 Å². The van der Waals surface area contributed by atoms with Gasteiger partial charge >= 0.3 is 0 Å². The van der Waals surface area contributed by atoms with Crippen LogP contribution in [0.1, 0.15) is 232 Å². The molecule has 1 heterocycles. The number of aliphatic hydroxyl groups is 5. The van der Waals surface area contributed by atoms with E-state index in [4.69, 9.17) is 9.47 Å². The van der Waals surface area contributed by atoms with E-state index in [1.807, 2.05) is 6.08 Å². The van der Waals surface area contributed by atoms with Crippen LogP contribution < -0.4 is 5.32 Å². The third-order valence-corrected chi connectivity index (χ3v) is 12.2. The minimum Gasteiger partial charge on any atom is -0.394 e. The van der Waals surface area contributed by atoms with Gasteiger partial charge < -0.3 is 40.3 Å². The van der Waals surface area contributed by atoms with Crippen molar-refractivity contribution in [3.63, 3.8) is 0 Å². The number of unbranched alkanes of at least 4 members (excludes halogenated alkanes) is 29. The maximum absolute atomic E-state index is 12.9. The number of nitrogens with one attached hydrogen (secondary N) is 1. The number of allylic oxidation sites excluding steroid dienone is 5. The smallest absolute Gasteiger partial charge is 0.220 e. The van der Waals surface area contributed by atoms with Gasteiger partial charge in [0.15, 0.2) is 6.29 Å². The molecule has 0 bridgehead atoms. The largest absolute Gasteiger partial charge is 0.394 e. The molecule has 0 radical (unpaired) electrons. The monoisotopic (exact) mass is 864 g/mol. The van der Waals surface area contributed by atoms with E-state index in [0.717, 1.165) is 44.9 Å². The summed E-state index contributed by atoms with van der Waals surface area (Å²) >= 11 is 0. The van der Waals surface area contributed by atoms with Crippen LogP contribution in [-0.2, 0) is 14.3 Å². The molecule has 1 aliphatic heterocycles. The third kappa shape index (κ3) is 32.7. The quantitative estimate of drug-likeness (QED) is 0.0262. The standard InChI is InChI=1S/C52H97NO8/c1-3-5-7-9-11-13-15-16-17-18-19-20-21-22-23-24-25-26-27-28-29-30-32-33-35-37-39-41-46(55)45(44-60-52-51(59)50(58)49(57)47(43-54)61-52)53-48(56)42-40-38-36-34-31-14-12-10-8-6-4-2/h27-28,32-33,39,41,45-47,49-52,54-55,57-59H,3-26,29-31,34-38,40,42-44H2,1-2H3,(H,53,56)/b28-27+,33-32+,41-39+. The van der Waals surface area contributed by atoms with E-state index in [1.165, 1.54) is 167 Å². The number of hydrogen-bond donors (Lipinski definition) is 6. The molecule has 0 saturated carbocycles. The molecule has 7 atom stereocenters. The van der Waals surface area contributed by atoms with Gasteiger partial charge in [0.25, 0.3) is 0 Å². The van der Waals surface area contributed by atoms with E-state index < -0.39 is 49.5 Å². The van der Waals surface area contributed by atoms with Crippen LogP contribution in [0.3, 0.4) is 0 Å². The van der Waals surface area contributed by atoms with Gasteiger partial charge in [0.1, 0.15) is 24.4 Å². The van der Waals surface area contributed by atoms with Crippen LogP contribution in [0.25, 0.3) is 0 Å². The number of hydrogen-bond acceptors (Lipinski definition) is 8. The van der Waals surface area contributed by atoms with Crippen molar-refractivity contribution in [2.24, 2.45) is 0 Å². The summed E-state index contributed by atoms with van der Waals surface area (Å²) in [7, 11) is 0. The van der Waals surface area contributed by atoms with Crippen LogP contribution in [-0.4, -0.2) is 87.5 Å². The molecule has 9 heteroatoms. The van der Waals surface area contributed by atoms with E-state index >= 15 is 0 Å². The van der Waals surface area contributed by atoms with Crippen LogP contribution in [0.5, 0.6) is 0 Å². The first-order valence-corrected chi connectivity index (χ1v) is 25.7. The number of ether oxygens (including phenoxy) is 2. The molecule has 0 aromatic heterocycles. The molecule has 6 N–H and O–H groups in total. The lowest BCUT2D eigenvalue weighted by molar-refractivity contribution is -0.302. The van der Waals surface area contributed by atoms with Gasteiger partial charge in [-0.25, -0.2) is 0 Å². The molecule has 9 nitrogen and oxygen atoms in total. The maximum atomic E-state index is 12.9. The molecule has 1 aliphatic rings. The fourth-order valence-corrected chi connectivity index (χ4v) is 8.07. The van der Waals surface area contributed by atoms with Crippen molar-refractivity contribution in [1.29, 1.82) is 0 Å². The van der Waals surface area contributed by atoms with Crippen molar-refractivity contribution in [3.05, 3.63) is 36.5 Å². The SMILES string of the molecule is CCCCCCCCCCCCCCCCCCC/C=C/CC/C=C/CC/C=C/C(O)C(COC1OC(CO)C(O)C(O)C1O)NC(=O)CCCCCCCCCCCCC. The Hall–Kier alpha value is -1.59. The predicted molar refractivity (Wildman–Crippen MR) is 253 cm³/mol. The van der Waals surface area contributed by atoms with Gasteiger partial charge in [-0.05, 0) is 44.9 Å². The molecule has 1 amide bonds. The van der Waals surface area contributed by atoms with Crippen molar-refractivity contribution < 1.29 is 39.8 Å². The highest BCUT2D eigenvalue weighted by Crippen LogP contribution is 2.23. The summed E-state index contributed by atoms with van der Waals surface area (Å²) in [6, 6.07) is -0.824. The normalized spacial score (nSPS) is 20.7. The van der Waals surface area contributed by atoms with E-state index in [9.17, 15) is 30.3 Å². The predicted octanol–water partition coefficient (Wildman–Crippen LogP) is 11.6. The molecular weight excluding hydrogens is 767 g/mol. The number of rotatable bonds is 43. The number of aliphatic hydroxyl groups excluding tert-OH is 5. The summed E-state index contributed by atoms with van der Waals surface area (Å²) < 4.78 is 11.2. The highest BCUT2D eigenvalue weighted by molar-refractivity contribution is 5.76. The zero-order valence-corrected chi connectivity index (χ0v) is 39.4. The Balaban J connectivity index is 2.26. The van der Waals surface area contributed by atoms with Crippen LogP contribution >= 0.6 is 0 Å². The molecule has 1 rings (SSSR count). The summed E-state index contributed by atoms with van der Waals surface area (Å²) in [4.78, 5) is 12.9. The molecule has 0 aromatic rings. The van der Waals surface area contributed by atoms with E-state index in [-0.39, 0.29) is 12.5 Å². The minimum absolute atomic E-state index is 0.192. The number of carbonyl (C=O) groups excluding carboxylic acids is 1. The molecule has 61 heavy (non-hydrogen) atoms. The first-order valence-electron chi connectivity index (χ1n) is 25.7. The van der Waals surface area contributed by atoms with Gasteiger partial charge in [0.2, 0.25) is 5.91 Å². The summed E-state index contributed by atoms with van der Waals surface area (Å²) in [6.07, 6.45) is 46.5. The Morgan fingerprint density at radius 3 is 1.38 bits per heavy atom. The van der Waals surface area contributed by atoms with E-state index in [2.05, 4.69) is 43.5 Å². The second kappa shape index (κ2) is 42.4. The van der Waals surface area contributed by atoms with Crippen molar-refractivity contribution >= 4 is 5.91 Å². The van der Waals surface area contributed by atoms with Crippen molar-refractivity contribution in [2.45, 2.75) is 275 Å². The van der Waals surface area contributed by atoms with Crippen molar-refractivity contribution in [3.8, 4) is 0 Å². The summed E-state index contributed by atoms with van der Waals surface area (Å²) in [5.41, 5.74) is 0. The minimum atomic E-state index is -1.57. The van der Waals surface area contributed by atoms with Gasteiger partial charge in [-0.3, -0.25) is 4.79 Å². The van der Waals surface area contributed by atoms with Gasteiger partial charge in [0, 0.05) is 6.42 Å². The zero-order valence-electron chi connectivity index (χ0n) is 39.4. The van der Waals surface area contributed by atoms with Gasteiger partial charge in [-0.2, -0.15) is 0 Å². The van der Waals surface area contributed by atoms with Gasteiger partial charge in [-0.15, -0.1) is 0 Å². The Morgan fingerprint density at radius 1 is 0.541 bits per heavy atom. The average Bonchev–Trinajstić information content (AvgIpc) is 3.26. The first-order chi connectivity index (χ1) is 29.8. The molecular formula is C52H97NO8. The lowest BCUT2D eigenvalue weighted by Gasteiger charge is -2.40.